The standard InChI is InChI=1S/C17H24N2O2/c1-12-3-2-4-16(9-12)21-8-7-17(20)19-14-5-6-15(19)11-13(18)10-14/h2-4,9,13-15H,5-8,10-11,18H2,1H3. The van der Waals surface area contributed by atoms with E-state index >= 15 is 0 Å². The van der Waals surface area contributed by atoms with Crippen LogP contribution in [0.1, 0.15) is 37.7 Å². The van der Waals surface area contributed by atoms with Gasteiger partial charge in [-0.1, -0.05) is 12.1 Å². The lowest BCUT2D eigenvalue weighted by atomic mass is 9.98. The van der Waals surface area contributed by atoms with Gasteiger partial charge in [0, 0.05) is 18.1 Å². The van der Waals surface area contributed by atoms with Gasteiger partial charge in [0.2, 0.25) is 5.91 Å². The minimum absolute atomic E-state index is 0.224. The predicted molar refractivity (Wildman–Crippen MR) is 82.2 cm³/mol. The summed E-state index contributed by atoms with van der Waals surface area (Å²) < 4.78 is 5.69. The molecule has 0 aromatic heterocycles. The lowest BCUT2D eigenvalue weighted by Crippen LogP contribution is -2.50. The van der Waals surface area contributed by atoms with E-state index in [2.05, 4.69) is 4.90 Å². The van der Waals surface area contributed by atoms with Crippen LogP contribution in [0.2, 0.25) is 0 Å². The van der Waals surface area contributed by atoms with E-state index in [1.807, 2.05) is 31.2 Å². The molecule has 0 radical (unpaired) electrons. The minimum atomic E-state index is 0.224. The number of ether oxygens (including phenoxy) is 1. The molecule has 0 spiro atoms. The highest BCUT2D eigenvalue weighted by Gasteiger charge is 2.41. The summed E-state index contributed by atoms with van der Waals surface area (Å²) in [6, 6.07) is 8.94. The number of carbonyl (C=O) groups is 1. The van der Waals surface area contributed by atoms with Crippen LogP contribution < -0.4 is 10.5 Å². The number of aryl methyl sites for hydroxylation is 1. The van der Waals surface area contributed by atoms with Crippen molar-refractivity contribution in [2.75, 3.05) is 6.61 Å². The molecule has 2 bridgehead atoms. The molecule has 21 heavy (non-hydrogen) atoms. The topological polar surface area (TPSA) is 55.6 Å². The second kappa shape index (κ2) is 6.06. The summed E-state index contributed by atoms with van der Waals surface area (Å²) in [5, 5.41) is 0. The maximum Gasteiger partial charge on any atom is 0.226 e. The van der Waals surface area contributed by atoms with Gasteiger partial charge in [0.1, 0.15) is 5.75 Å². The van der Waals surface area contributed by atoms with Crippen molar-refractivity contribution in [2.24, 2.45) is 5.73 Å². The molecule has 2 N–H and O–H groups in total. The fraction of sp³-hybridized carbons (Fsp3) is 0.588. The molecule has 0 aliphatic carbocycles. The van der Waals surface area contributed by atoms with Crippen LogP contribution in [-0.4, -0.2) is 35.5 Å². The van der Waals surface area contributed by atoms with E-state index in [0.717, 1.165) is 31.4 Å². The van der Waals surface area contributed by atoms with Gasteiger partial charge in [0.05, 0.1) is 13.0 Å². The Kier molecular flexibility index (Phi) is 4.15. The van der Waals surface area contributed by atoms with Gasteiger partial charge in [-0.05, 0) is 50.3 Å². The van der Waals surface area contributed by atoms with Crippen molar-refractivity contribution in [3.05, 3.63) is 29.8 Å². The summed E-state index contributed by atoms with van der Waals surface area (Å²) in [4.78, 5) is 14.5. The van der Waals surface area contributed by atoms with Crippen LogP contribution in [-0.2, 0) is 4.79 Å². The number of rotatable bonds is 4. The zero-order chi connectivity index (χ0) is 14.8. The van der Waals surface area contributed by atoms with E-state index in [1.165, 1.54) is 5.56 Å². The van der Waals surface area contributed by atoms with Crippen molar-refractivity contribution in [3.63, 3.8) is 0 Å². The monoisotopic (exact) mass is 288 g/mol. The molecule has 0 saturated carbocycles. The molecule has 1 aromatic rings. The third-order valence-electron chi connectivity index (χ3n) is 4.63. The van der Waals surface area contributed by atoms with E-state index in [4.69, 9.17) is 10.5 Å². The Morgan fingerprint density at radius 1 is 1.33 bits per heavy atom. The number of piperidine rings is 1. The average molecular weight is 288 g/mol. The van der Waals surface area contributed by atoms with Crippen LogP contribution in [0.5, 0.6) is 5.75 Å². The average Bonchev–Trinajstić information content (AvgIpc) is 2.71. The van der Waals surface area contributed by atoms with Crippen LogP contribution in [0, 0.1) is 6.92 Å². The highest BCUT2D eigenvalue weighted by atomic mass is 16.5. The number of carbonyl (C=O) groups excluding carboxylic acids is 1. The largest absolute Gasteiger partial charge is 0.493 e. The SMILES string of the molecule is Cc1cccc(OCCC(=O)N2C3CCC2CC(N)C3)c1. The van der Waals surface area contributed by atoms with E-state index in [0.29, 0.717) is 25.1 Å². The van der Waals surface area contributed by atoms with Crippen LogP contribution in [0.25, 0.3) is 0 Å². The van der Waals surface area contributed by atoms with Gasteiger partial charge in [0.15, 0.2) is 0 Å². The summed E-state index contributed by atoms with van der Waals surface area (Å²) in [7, 11) is 0. The zero-order valence-electron chi connectivity index (χ0n) is 12.6. The molecule has 1 aromatic carbocycles. The Bertz CT molecular complexity index is 503. The van der Waals surface area contributed by atoms with Gasteiger partial charge in [0.25, 0.3) is 0 Å². The third-order valence-corrected chi connectivity index (χ3v) is 4.63. The van der Waals surface area contributed by atoms with E-state index in [1.54, 1.807) is 0 Å². The first kappa shape index (κ1) is 14.4. The van der Waals surface area contributed by atoms with Gasteiger partial charge in [-0.15, -0.1) is 0 Å². The molecule has 2 aliphatic heterocycles. The summed E-state index contributed by atoms with van der Waals surface area (Å²) in [6.45, 7) is 2.48. The maximum absolute atomic E-state index is 12.4. The van der Waals surface area contributed by atoms with E-state index < -0.39 is 0 Å². The van der Waals surface area contributed by atoms with Crippen molar-refractivity contribution in [1.29, 1.82) is 0 Å². The Hall–Kier alpha value is -1.55. The number of amides is 1. The van der Waals surface area contributed by atoms with Crippen molar-refractivity contribution in [1.82, 2.24) is 4.90 Å². The second-order valence-electron chi connectivity index (χ2n) is 6.33. The van der Waals surface area contributed by atoms with Crippen LogP contribution >= 0.6 is 0 Å². The first-order valence-corrected chi connectivity index (χ1v) is 7.89. The van der Waals surface area contributed by atoms with Crippen molar-refractivity contribution >= 4 is 5.91 Å². The Balaban J connectivity index is 1.51. The number of nitrogens with two attached hydrogens (primary N) is 1. The number of hydrogen-bond donors (Lipinski definition) is 1. The molecule has 1 amide bonds. The molecular weight excluding hydrogens is 264 g/mol. The second-order valence-corrected chi connectivity index (χ2v) is 6.33. The quantitative estimate of drug-likeness (QED) is 0.924. The van der Waals surface area contributed by atoms with E-state index in [-0.39, 0.29) is 11.9 Å². The Labute approximate surface area is 126 Å². The molecule has 4 nitrogen and oxygen atoms in total. The molecule has 2 unspecified atom stereocenters. The smallest absolute Gasteiger partial charge is 0.226 e. The zero-order valence-corrected chi connectivity index (χ0v) is 12.6. The molecule has 3 rings (SSSR count). The van der Waals surface area contributed by atoms with Crippen LogP contribution in [0.15, 0.2) is 24.3 Å². The molecular formula is C17H24N2O2. The number of nitrogens with zero attached hydrogens (tertiary/aromatic N) is 1. The van der Waals surface area contributed by atoms with Crippen molar-refractivity contribution in [2.45, 2.75) is 57.2 Å². The summed E-state index contributed by atoms with van der Waals surface area (Å²) >= 11 is 0. The lowest BCUT2D eigenvalue weighted by Gasteiger charge is -2.37. The summed E-state index contributed by atoms with van der Waals surface area (Å²) in [5.41, 5.74) is 7.21. The minimum Gasteiger partial charge on any atom is -0.493 e. The third kappa shape index (κ3) is 3.21. The molecule has 2 heterocycles. The fourth-order valence-electron chi connectivity index (χ4n) is 3.72. The predicted octanol–water partition coefficient (Wildman–Crippen LogP) is 2.24. The Morgan fingerprint density at radius 3 is 2.71 bits per heavy atom. The van der Waals surface area contributed by atoms with Gasteiger partial charge in [-0.25, -0.2) is 0 Å². The number of benzene rings is 1. The van der Waals surface area contributed by atoms with Gasteiger partial charge in [-0.2, -0.15) is 0 Å². The van der Waals surface area contributed by atoms with E-state index in [9.17, 15) is 4.79 Å². The molecule has 2 aliphatic rings. The maximum atomic E-state index is 12.4. The van der Waals surface area contributed by atoms with Gasteiger partial charge in [-0.3, -0.25) is 4.79 Å². The molecule has 2 saturated heterocycles. The summed E-state index contributed by atoms with van der Waals surface area (Å²) in [5.74, 6) is 1.06. The molecule has 4 heteroatoms. The summed E-state index contributed by atoms with van der Waals surface area (Å²) in [6.07, 6.45) is 4.60. The first-order valence-electron chi connectivity index (χ1n) is 7.89. The molecule has 2 fully saturated rings. The van der Waals surface area contributed by atoms with Crippen LogP contribution in [0.3, 0.4) is 0 Å². The number of fused-ring (bicyclic) bond motifs is 2. The highest BCUT2D eigenvalue weighted by molar-refractivity contribution is 5.77. The lowest BCUT2D eigenvalue weighted by molar-refractivity contribution is -0.136. The molecule has 114 valence electrons. The van der Waals surface area contributed by atoms with Gasteiger partial charge >= 0.3 is 0 Å². The highest BCUT2D eigenvalue weighted by Crippen LogP contribution is 2.35. The van der Waals surface area contributed by atoms with Crippen LogP contribution in [0.4, 0.5) is 0 Å². The normalized spacial score (nSPS) is 27.7. The van der Waals surface area contributed by atoms with Gasteiger partial charge < -0.3 is 15.4 Å². The Morgan fingerprint density at radius 2 is 2.05 bits per heavy atom. The fourth-order valence-corrected chi connectivity index (χ4v) is 3.72. The van der Waals surface area contributed by atoms with Crippen molar-refractivity contribution in [3.8, 4) is 5.75 Å². The molecule has 2 atom stereocenters. The van der Waals surface area contributed by atoms with Crippen molar-refractivity contribution < 1.29 is 9.53 Å². The number of hydrogen-bond acceptors (Lipinski definition) is 3. The first-order chi connectivity index (χ1) is 10.1.